The van der Waals surface area contributed by atoms with Gasteiger partial charge in [-0.05, 0) is 43.7 Å². The minimum atomic E-state index is -4.37. The summed E-state index contributed by atoms with van der Waals surface area (Å²) in [7, 11) is -4.37. The van der Waals surface area contributed by atoms with Gasteiger partial charge in [-0.15, -0.1) is 0 Å². The van der Waals surface area contributed by atoms with E-state index in [1.807, 2.05) is 13.0 Å². The number of nitriles is 1. The fraction of sp³-hybridized carbons (Fsp3) is 0.120. The molecular formula is C25H19F2N5O2S. The summed E-state index contributed by atoms with van der Waals surface area (Å²) in [5.41, 5.74) is 4.03. The monoisotopic (exact) mass is 491 g/mol. The van der Waals surface area contributed by atoms with Gasteiger partial charge in [0.05, 0.1) is 34.4 Å². The lowest BCUT2D eigenvalue weighted by Gasteiger charge is -2.16. The molecule has 0 fully saturated rings. The minimum absolute atomic E-state index is 0.119. The molecule has 10 heteroatoms. The second kappa shape index (κ2) is 9.56. The lowest BCUT2D eigenvalue weighted by Crippen LogP contribution is -2.16. The van der Waals surface area contributed by atoms with Crippen molar-refractivity contribution in [2.24, 2.45) is 0 Å². The Morgan fingerprint density at radius 3 is 2.54 bits per heavy atom. The van der Waals surface area contributed by atoms with E-state index < -0.39 is 26.6 Å². The number of nitrogens with zero attached hydrogens (tertiary/aromatic N) is 4. The molecule has 4 rings (SSSR count). The van der Waals surface area contributed by atoms with Crippen molar-refractivity contribution in [2.75, 3.05) is 4.72 Å². The van der Waals surface area contributed by atoms with Gasteiger partial charge >= 0.3 is 0 Å². The van der Waals surface area contributed by atoms with Crippen LogP contribution < -0.4 is 4.72 Å². The summed E-state index contributed by atoms with van der Waals surface area (Å²) in [5, 5.41) is 9.29. The summed E-state index contributed by atoms with van der Waals surface area (Å²) >= 11 is 0. The van der Waals surface area contributed by atoms with E-state index >= 15 is 0 Å². The molecule has 176 valence electrons. The highest BCUT2D eigenvalue weighted by atomic mass is 32.2. The Morgan fingerprint density at radius 2 is 1.83 bits per heavy atom. The van der Waals surface area contributed by atoms with Gasteiger partial charge in [0.15, 0.2) is 0 Å². The summed E-state index contributed by atoms with van der Waals surface area (Å²) in [4.78, 5) is 12.4. The van der Waals surface area contributed by atoms with Crippen molar-refractivity contribution >= 4 is 15.7 Å². The average molecular weight is 492 g/mol. The van der Waals surface area contributed by atoms with Crippen molar-refractivity contribution in [3.8, 4) is 28.5 Å². The van der Waals surface area contributed by atoms with Crippen LogP contribution in [0.4, 0.5) is 14.5 Å². The van der Waals surface area contributed by atoms with Crippen LogP contribution in [0, 0.1) is 29.9 Å². The Hall–Kier alpha value is -4.23. The SMILES string of the molecule is CCc1ncnc(-c2cccc(C#N)c2)c1-c1cnc(C)c(NS(=O)(=O)c2ccc(F)cc2F)c1. The van der Waals surface area contributed by atoms with Crippen LogP contribution in [0.15, 0.2) is 66.0 Å². The van der Waals surface area contributed by atoms with Crippen molar-refractivity contribution in [2.45, 2.75) is 25.2 Å². The van der Waals surface area contributed by atoms with E-state index in [2.05, 4.69) is 25.7 Å². The maximum atomic E-state index is 14.2. The fourth-order valence-corrected chi connectivity index (χ4v) is 4.78. The number of rotatable bonds is 6. The lowest BCUT2D eigenvalue weighted by atomic mass is 9.96. The zero-order valence-corrected chi connectivity index (χ0v) is 19.6. The van der Waals surface area contributed by atoms with Crippen molar-refractivity contribution in [3.05, 3.63) is 89.6 Å². The number of sulfonamides is 1. The Labute approximate surface area is 201 Å². The van der Waals surface area contributed by atoms with Crippen LogP contribution in [-0.4, -0.2) is 23.4 Å². The number of hydrogen-bond donors (Lipinski definition) is 1. The van der Waals surface area contributed by atoms with Crippen molar-refractivity contribution in [3.63, 3.8) is 0 Å². The van der Waals surface area contributed by atoms with E-state index in [0.717, 1.165) is 12.1 Å². The van der Waals surface area contributed by atoms with E-state index in [-0.39, 0.29) is 5.69 Å². The molecule has 0 saturated carbocycles. The van der Waals surface area contributed by atoms with E-state index in [1.54, 1.807) is 37.4 Å². The zero-order chi connectivity index (χ0) is 25.2. The molecule has 2 aromatic carbocycles. The summed E-state index contributed by atoms with van der Waals surface area (Å²) < 4.78 is 55.5. The first kappa shape index (κ1) is 23.9. The standard InChI is InChI=1S/C25H19F2N5O2S/c1-3-21-24(25(31-14-30-21)17-6-4-5-16(9-17)12-28)18-10-22(15(2)29-13-18)32-35(33,34)23-8-7-19(26)11-20(23)27/h4-11,13-14,32H,3H2,1-2H3. The van der Waals surface area contributed by atoms with Crippen LogP contribution in [0.3, 0.4) is 0 Å². The van der Waals surface area contributed by atoms with Gasteiger partial charge in [0.25, 0.3) is 10.0 Å². The second-order valence-electron chi connectivity index (χ2n) is 7.63. The van der Waals surface area contributed by atoms with E-state index in [4.69, 9.17) is 0 Å². The number of aromatic nitrogens is 3. The number of nitrogens with one attached hydrogen (secondary N) is 1. The molecular weight excluding hydrogens is 472 g/mol. The summed E-state index contributed by atoms with van der Waals surface area (Å²) in [6, 6.07) is 12.9. The van der Waals surface area contributed by atoms with Crippen LogP contribution >= 0.6 is 0 Å². The number of anilines is 1. The predicted molar refractivity (Wildman–Crippen MR) is 127 cm³/mol. The highest BCUT2D eigenvalue weighted by molar-refractivity contribution is 7.92. The Balaban J connectivity index is 1.84. The Bertz CT molecular complexity index is 1580. The highest BCUT2D eigenvalue weighted by Gasteiger charge is 2.22. The maximum Gasteiger partial charge on any atom is 0.264 e. The van der Waals surface area contributed by atoms with Crippen LogP contribution in [-0.2, 0) is 16.4 Å². The normalized spacial score (nSPS) is 11.2. The highest BCUT2D eigenvalue weighted by Crippen LogP contribution is 2.35. The first-order chi connectivity index (χ1) is 16.7. The predicted octanol–water partition coefficient (Wildman–Crippen LogP) is 5.03. The molecule has 0 aliphatic rings. The molecule has 4 aromatic rings. The van der Waals surface area contributed by atoms with Crippen LogP contribution in [0.5, 0.6) is 0 Å². The summed E-state index contributed by atoms with van der Waals surface area (Å²) in [6.45, 7) is 3.52. The smallest absolute Gasteiger partial charge is 0.264 e. The van der Waals surface area contributed by atoms with Gasteiger partial charge < -0.3 is 0 Å². The lowest BCUT2D eigenvalue weighted by molar-refractivity contribution is 0.551. The van der Waals surface area contributed by atoms with Crippen molar-refractivity contribution < 1.29 is 17.2 Å². The average Bonchev–Trinajstić information content (AvgIpc) is 2.84. The number of hydrogen-bond acceptors (Lipinski definition) is 6. The molecule has 0 unspecified atom stereocenters. The Kier molecular flexibility index (Phi) is 6.53. The molecule has 0 bridgehead atoms. The maximum absolute atomic E-state index is 14.2. The van der Waals surface area contributed by atoms with Gasteiger partial charge in [0.2, 0.25) is 0 Å². The largest absolute Gasteiger partial charge is 0.278 e. The molecule has 0 atom stereocenters. The van der Waals surface area contributed by atoms with Crippen molar-refractivity contribution in [1.29, 1.82) is 5.26 Å². The third-order valence-corrected chi connectivity index (χ3v) is 6.73. The van der Waals surface area contributed by atoms with Gasteiger partial charge in [-0.3, -0.25) is 9.71 Å². The molecule has 7 nitrogen and oxygen atoms in total. The number of pyridine rings is 1. The van der Waals surface area contributed by atoms with Crippen LogP contribution in [0.25, 0.3) is 22.4 Å². The zero-order valence-electron chi connectivity index (χ0n) is 18.8. The van der Waals surface area contributed by atoms with Crippen LogP contribution in [0.1, 0.15) is 23.9 Å². The minimum Gasteiger partial charge on any atom is -0.278 e. The molecule has 0 amide bonds. The van der Waals surface area contributed by atoms with Gasteiger partial charge in [-0.1, -0.05) is 19.1 Å². The number of halogens is 2. The molecule has 0 aliphatic heterocycles. The molecule has 0 aliphatic carbocycles. The van der Waals surface area contributed by atoms with Gasteiger partial charge in [-0.2, -0.15) is 5.26 Å². The van der Waals surface area contributed by atoms with E-state index in [9.17, 15) is 22.5 Å². The topological polar surface area (TPSA) is 109 Å². The molecule has 1 N–H and O–H groups in total. The van der Waals surface area contributed by atoms with Gasteiger partial charge in [0, 0.05) is 29.0 Å². The molecule has 2 heterocycles. The van der Waals surface area contributed by atoms with E-state index in [1.165, 1.54) is 6.33 Å². The van der Waals surface area contributed by atoms with Gasteiger partial charge in [-0.25, -0.2) is 27.2 Å². The molecule has 0 spiro atoms. The molecule has 35 heavy (non-hydrogen) atoms. The third kappa shape index (κ3) is 4.85. The second-order valence-corrected chi connectivity index (χ2v) is 9.28. The van der Waals surface area contributed by atoms with E-state index in [0.29, 0.717) is 51.8 Å². The first-order valence-electron chi connectivity index (χ1n) is 10.5. The summed E-state index contributed by atoms with van der Waals surface area (Å²) in [5.74, 6) is -2.09. The molecule has 2 aromatic heterocycles. The third-order valence-electron chi connectivity index (χ3n) is 5.33. The molecule has 0 radical (unpaired) electrons. The number of benzene rings is 2. The Morgan fingerprint density at radius 1 is 1.03 bits per heavy atom. The summed E-state index contributed by atoms with van der Waals surface area (Å²) in [6.07, 6.45) is 3.55. The number of aryl methyl sites for hydroxylation is 2. The first-order valence-corrected chi connectivity index (χ1v) is 12.0. The van der Waals surface area contributed by atoms with Gasteiger partial charge in [0.1, 0.15) is 22.9 Å². The van der Waals surface area contributed by atoms with Crippen LogP contribution in [0.2, 0.25) is 0 Å². The fourth-order valence-electron chi connectivity index (χ4n) is 3.61. The molecule has 0 saturated heterocycles. The van der Waals surface area contributed by atoms with Crippen molar-refractivity contribution in [1.82, 2.24) is 15.0 Å². The quantitative estimate of drug-likeness (QED) is 0.405.